The lowest BCUT2D eigenvalue weighted by Gasteiger charge is -2.21. The van der Waals surface area contributed by atoms with E-state index in [1.807, 2.05) is 6.07 Å². The SMILES string of the molecule is CC(=O)N(CCNC(=O)C1CC1)c1ccc2c(c1)OCO2. The first kappa shape index (κ1) is 13.7. The van der Waals surface area contributed by atoms with Gasteiger partial charge in [-0.05, 0) is 25.0 Å². The summed E-state index contributed by atoms with van der Waals surface area (Å²) in [6.45, 7) is 2.60. The van der Waals surface area contributed by atoms with E-state index in [-0.39, 0.29) is 24.5 Å². The molecule has 1 heterocycles. The van der Waals surface area contributed by atoms with Gasteiger partial charge in [0.2, 0.25) is 18.6 Å². The van der Waals surface area contributed by atoms with Crippen LogP contribution in [0.4, 0.5) is 5.69 Å². The molecule has 1 saturated carbocycles. The molecule has 3 rings (SSSR count). The zero-order valence-corrected chi connectivity index (χ0v) is 11.9. The van der Waals surface area contributed by atoms with Gasteiger partial charge in [-0.3, -0.25) is 9.59 Å². The number of hydrogen-bond donors (Lipinski definition) is 1. The second-order valence-electron chi connectivity index (χ2n) is 5.27. The predicted octanol–water partition coefficient (Wildman–Crippen LogP) is 1.29. The van der Waals surface area contributed by atoms with Gasteiger partial charge in [0.05, 0.1) is 0 Å². The van der Waals surface area contributed by atoms with E-state index in [0.717, 1.165) is 18.5 Å². The smallest absolute Gasteiger partial charge is 0.231 e. The molecule has 0 aromatic heterocycles. The standard InChI is InChI=1S/C15H18N2O4/c1-10(18)17(7-6-16-15(19)11-2-3-11)12-4-5-13-14(8-12)21-9-20-13/h4-5,8,11H,2-3,6-7,9H2,1H3,(H,16,19). The summed E-state index contributed by atoms with van der Waals surface area (Å²) in [5.41, 5.74) is 0.743. The molecule has 1 aliphatic carbocycles. The number of anilines is 1. The maximum atomic E-state index is 11.8. The number of fused-ring (bicyclic) bond motifs is 1. The summed E-state index contributed by atoms with van der Waals surface area (Å²) in [5, 5.41) is 2.86. The number of nitrogens with zero attached hydrogens (tertiary/aromatic N) is 1. The third-order valence-electron chi connectivity index (χ3n) is 3.63. The number of ether oxygens (including phenoxy) is 2. The van der Waals surface area contributed by atoms with Gasteiger partial charge in [-0.25, -0.2) is 0 Å². The normalized spacial score (nSPS) is 15.7. The van der Waals surface area contributed by atoms with Gasteiger partial charge >= 0.3 is 0 Å². The van der Waals surface area contributed by atoms with Crippen LogP contribution in [0.15, 0.2) is 18.2 Å². The summed E-state index contributed by atoms with van der Waals surface area (Å²) in [5.74, 6) is 1.52. The van der Waals surface area contributed by atoms with Crippen molar-refractivity contribution >= 4 is 17.5 Å². The first-order valence-corrected chi connectivity index (χ1v) is 7.10. The Kier molecular flexibility index (Phi) is 3.68. The molecule has 1 N–H and O–H groups in total. The number of rotatable bonds is 5. The highest BCUT2D eigenvalue weighted by atomic mass is 16.7. The van der Waals surface area contributed by atoms with Crippen LogP contribution in [0.25, 0.3) is 0 Å². The number of benzene rings is 1. The monoisotopic (exact) mass is 290 g/mol. The number of carbonyl (C=O) groups excluding carboxylic acids is 2. The molecule has 0 spiro atoms. The first-order chi connectivity index (χ1) is 10.1. The van der Waals surface area contributed by atoms with Gasteiger partial charge in [-0.2, -0.15) is 0 Å². The zero-order chi connectivity index (χ0) is 14.8. The van der Waals surface area contributed by atoms with Crippen molar-refractivity contribution in [2.75, 3.05) is 24.8 Å². The van der Waals surface area contributed by atoms with Crippen molar-refractivity contribution in [3.63, 3.8) is 0 Å². The fraction of sp³-hybridized carbons (Fsp3) is 0.467. The summed E-state index contributed by atoms with van der Waals surface area (Å²) >= 11 is 0. The van der Waals surface area contributed by atoms with Crippen LogP contribution < -0.4 is 19.7 Å². The number of hydrogen-bond acceptors (Lipinski definition) is 4. The third kappa shape index (κ3) is 3.09. The highest BCUT2D eigenvalue weighted by Crippen LogP contribution is 2.35. The van der Waals surface area contributed by atoms with Gasteiger partial charge in [0.1, 0.15) is 0 Å². The Hall–Kier alpha value is -2.24. The molecule has 1 fully saturated rings. The summed E-state index contributed by atoms with van der Waals surface area (Å²) in [6, 6.07) is 5.39. The van der Waals surface area contributed by atoms with Crippen molar-refractivity contribution in [1.29, 1.82) is 0 Å². The Bertz CT molecular complexity index is 569. The number of nitrogens with one attached hydrogen (secondary N) is 1. The lowest BCUT2D eigenvalue weighted by atomic mass is 10.2. The Morgan fingerprint density at radius 1 is 1.29 bits per heavy atom. The van der Waals surface area contributed by atoms with E-state index in [2.05, 4.69) is 5.32 Å². The lowest BCUT2D eigenvalue weighted by Crippen LogP contribution is -2.38. The quantitative estimate of drug-likeness (QED) is 0.887. The van der Waals surface area contributed by atoms with Crippen LogP contribution in [0.5, 0.6) is 11.5 Å². The summed E-state index contributed by atoms with van der Waals surface area (Å²) < 4.78 is 10.6. The van der Waals surface area contributed by atoms with Crippen LogP contribution in [0.1, 0.15) is 19.8 Å². The van der Waals surface area contributed by atoms with E-state index in [9.17, 15) is 9.59 Å². The van der Waals surface area contributed by atoms with E-state index in [1.165, 1.54) is 6.92 Å². The molecular weight excluding hydrogens is 272 g/mol. The molecule has 6 heteroatoms. The van der Waals surface area contributed by atoms with Crippen molar-refractivity contribution in [3.05, 3.63) is 18.2 Å². The van der Waals surface area contributed by atoms with E-state index in [0.29, 0.717) is 24.6 Å². The van der Waals surface area contributed by atoms with Crippen molar-refractivity contribution in [3.8, 4) is 11.5 Å². The van der Waals surface area contributed by atoms with Crippen LogP contribution in [0.2, 0.25) is 0 Å². The van der Waals surface area contributed by atoms with Crippen molar-refractivity contribution < 1.29 is 19.1 Å². The van der Waals surface area contributed by atoms with Crippen LogP contribution in [0.3, 0.4) is 0 Å². The van der Waals surface area contributed by atoms with Crippen LogP contribution in [-0.2, 0) is 9.59 Å². The highest BCUT2D eigenvalue weighted by molar-refractivity contribution is 5.92. The molecule has 0 atom stereocenters. The second kappa shape index (κ2) is 5.63. The molecule has 1 aromatic rings. The molecule has 21 heavy (non-hydrogen) atoms. The Labute approximate surface area is 123 Å². The Morgan fingerprint density at radius 3 is 2.76 bits per heavy atom. The fourth-order valence-electron chi connectivity index (χ4n) is 2.30. The predicted molar refractivity (Wildman–Crippen MR) is 76.3 cm³/mol. The molecule has 0 radical (unpaired) electrons. The minimum absolute atomic E-state index is 0.0745. The van der Waals surface area contributed by atoms with Gasteiger partial charge in [0.15, 0.2) is 11.5 Å². The first-order valence-electron chi connectivity index (χ1n) is 7.10. The number of carbonyl (C=O) groups is 2. The summed E-state index contributed by atoms with van der Waals surface area (Å²) in [6.07, 6.45) is 1.95. The molecule has 1 aromatic carbocycles. The average Bonchev–Trinajstić information content (AvgIpc) is 3.21. The molecule has 6 nitrogen and oxygen atoms in total. The lowest BCUT2D eigenvalue weighted by molar-refractivity contribution is -0.122. The molecule has 2 amide bonds. The highest BCUT2D eigenvalue weighted by Gasteiger charge is 2.29. The van der Waals surface area contributed by atoms with E-state index in [4.69, 9.17) is 9.47 Å². The average molecular weight is 290 g/mol. The summed E-state index contributed by atoms with van der Waals surface area (Å²) in [7, 11) is 0. The zero-order valence-electron chi connectivity index (χ0n) is 11.9. The molecule has 0 saturated heterocycles. The van der Waals surface area contributed by atoms with Gasteiger partial charge in [0.25, 0.3) is 0 Å². The van der Waals surface area contributed by atoms with Crippen LogP contribution >= 0.6 is 0 Å². The minimum Gasteiger partial charge on any atom is -0.454 e. The molecular formula is C15H18N2O4. The van der Waals surface area contributed by atoms with Gasteiger partial charge in [-0.1, -0.05) is 0 Å². The van der Waals surface area contributed by atoms with Crippen LogP contribution in [0, 0.1) is 5.92 Å². The molecule has 112 valence electrons. The summed E-state index contributed by atoms with van der Waals surface area (Å²) in [4.78, 5) is 25.0. The maximum Gasteiger partial charge on any atom is 0.231 e. The van der Waals surface area contributed by atoms with Crippen molar-refractivity contribution in [2.24, 2.45) is 5.92 Å². The topological polar surface area (TPSA) is 67.9 Å². The largest absolute Gasteiger partial charge is 0.454 e. The van der Waals surface area contributed by atoms with Gasteiger partial charge in [0, 0.05) is 37.7 Å². The molecule has 1 aliphatic heterocycles. The van der Waals surface area contributed by atoms with Crippen LogP contribution in [-0.4, -0.2) is 31.7 Å². The van der Waals surface area contributed by atoms with E-state index in [1.54, 1.807) is 17.0 Å². The van der Waals surface area contributed by atoms with Crippen molar-refractivity contribution in [2.45, 2.75) is 19.8 Å². The Morgan fingerprint density at radius 2 is 2.05 bits per heavy atom. The van der Waals surface area contributed by atoms with E-state index < -0.39 is 0 Å². The van der Waals surface area contributed by atoms with E-state index >= 15 is 0 Å². The molecule has 2 aliphatic rings. The third-order valence-corrected chi connectivity index (χ3v) is 3.63. The second-order valence-corrected chi connectivity index (χ2v) is 5.27. The molecule has 0 unspecified atom stereocenters. The number of amides is 2. The van der Waals surface area contributed by atoms with Crippen molar-refractivity contribution in [1.82, 2.24) is 5.32 Å². The fourth-order valence-corrected chi connectivity index (χ4v) is 2.30. The minimum atomic E-state index is -0.0745. The van der Waals surface area contributed by atoms with Gasteiger partial charge < -0.3 is 19.7 Å². The Balaban J connectivity index is 1.63. The maximum absolute atomic E-state index is 11.8. The van der Waals surface area contributed by atoms with Gasteiger partial charge in [-0.15, -0.1) is 0 Å². The molecule has 0 bridgehead atoms.